The third kappa shape index (κ3) is 2.45. The molecule has 0 aromatic carbocycles. The molecule has 6 heteroatoms. The van der Waals surface area contributed by atoms with Crippen molar-refractivity contribution in [1.29, 1.82) is 0 Å². The molecule has 0 aliphatic heterocycles. The summed E-state index contributed by atoms with van der Waals surface area (Å²) in [6, 6.07) is 0. The van der Waals surface area contributed by atoms with Gasteiger partial charge in [-0.05, 0) is 20.8 Å². The van der Waals surface area contributed by atoms with Crippen LogP contribution in [0.5, 0.6) is 0 Å². The second-order valence-corrected chi connectivity index (χ2v) is 5.24. The highest BCUT2D eigenvalue weighted by Crippen LogP contribution is 2.16. The molecule has 0 aliphatic carbocycles. The topological polar surface area (TPSA) is 77.8 Å². The minimum Gasteiger partial charge on any atom is -0.337 e. The lowest BCUT2D eigenvalue weighted by Gasteiger charge is -2.10. The summed E-state index contributed by atoms with van der Waals surface area (Å²) in [5.41, 5.74) is 6.28. The molecule has 0 saturated carbocycles. The second-order valence-electron chi connectivity index (χ2n) is 4.30. The van der Waals surface area contributed by atoms with Crippen LogP contribution in [0.4, 0.5) is 0 Å². The minimum atomic E-state index is -0.593. The maximum absolute atomic E-state index is 5.86. The third-order valence-corrected chi connectivity index (χ3v) is 2.96. The van der Waals surface area contributed by atoms with Gasteiger partial charge in [0.1, 0.15) is 5.01 Å². The highest BCUT2D eigenvalue weighted by atomic mass is 32.1. The summed E-state index contributed by atoms with van der Waals surface area (Å²) in [6.07, 6.45) is 0.595. The number of aryl methyl sites for hydroxylation is 1. The van der Waals surface area contributed by atoms with Gasteiger partial charge in [0.2, 0.25) is 5.89 Å². The van der Waals surface area contributed by atoms with Gasteiger partial charge < -0.3 is 10.3 Å². The average Bonchev–Trinajstić information content (AvgIpc) is 2.74. The van der Waals surface area contributed by atoms with Crippen LogP contribution in [0.25, 0.3) is 0 Å². The van der Waals surface area contributed by atoms with Crippen molar-refractivity contribution < 1.29 is 4.52 Å². The van der Waals surface area contributed by atoms with Crippen molar-refractivity contribution in [1.82, 2.24) is 15.1 Å². The summed E-state index contributed by atoms with van der Waals surface area (Å²) in [4.78, 5) is 8.59. The van der Waals surface area contributed by atoms with Crippen molar-refractivity contribution >= 4 is 11.3 Å². The first-order valence-corrected chi connectivity index (χ1v) is 5.86. The van der Waals surface area contributed by atoms with Gasteiger partial charge in [-0.2, -0.15) is 4.98 Å². The molecule has 86 valence electrons. The van der Waals surface area contributed by atoms with E-state index < -0.39 is 5.54 Å². The first kappa shape index (κ1) is 11.2. The molecule has 0 fully saturated rings. The van der Waals surface area contributed by atoms with E-state index in [1.807, 2.05) is 26.2 Å². The van der Waals surface area contributed by atoms with Gasteiger partial charge in [-0.15, -0.1) is 11.3 Å². The summed E-state index contributed by atoms with van der Waals surface area (Å²) in [7, 11) is 0. The van der Waals surface area contributed by atoms with Crippen molar-refractivity contribution in [2.24, 2.45) is 5.73 Å². The van der Waals surface area contributed by atoms with Crippen LogP contribution in [-0.4, -0.2) is 15.1 Å². The molecule has 2 N–H and O–H groups in total. The van der Waals surface area contributed by atoms with Crippen LogP contribution in [0.15, 0.2) is 9.90 Å². The highest BCUT2D eigenvalue weighted by molar-refractivity contribution is 7.09. The molecular weight excluding hydrogens is 224 g/mol. The first-order valence-electron chi connectivity index (χ1n) is 4.98. The fourth-order valence-electron chi connectivity index (χ4n) is 1.21. The van der Waals surface area contributed by atoms with E-state index >= 15 is 0 Å². The summed E-state index contributed by atoms with van der Waals surface area (Å²) >= 11 is 1.60. The summed E-state index contributed by atoms with van der Waals surface area (Å²) in [5.74, 6) is 1.08. The maximum Gasteiger partial charge on any atom is 0.246 e. The van der Waals surface area contributed by atoms with E-state index in [1.54, 1.807) is 11.3 Å². The smallest absolute Gasteiger partial charge is 0.246 e. The Labute approximate surface area is 97.7 Å². The number of nitrogens with zero attached hydrogens (tertiary/aromatic N) is 3. The number of rotatable bonds is 3. The Kier molecular flexibility index (Phi) is 2.77. The Morgan fingerprint density at radius 3 is 2.69 bits per heavy atom. The largest absolute Gasteiger partial charge is 0.337 e. The molecule has 0 aliphatic rings. The van der Waals surface area contributed by atoms with Gasteiger partial charge in [0.15, 0.2) is 5.82 Å². The van der Waals surface area contributed by atoms with Gasteiger partial charge in [0, 0.05) is 11.1 Å². The van der Waals surface area contributed by atoms with Gasteiger partial charge in [0.25, 0.3) is 0 Å². The van der Waals surface area contributed by atoms with E-state index in [-0.39, 0.29) is 0 Å². The molecule has 0 radical (unpaired) electrons. The lowest BCUT2D eigenvalue weighted by molar-refractivity contribution is 0.310. The van der Waals surface area contributed by atoms with E-state index in [4.69, 9.17) is 10.3 Å². The Morgan fingerprint density at radius 1 is 1.44 bits per heavy atom. The molecule has 0 unspecified atom stereocenters. The molecule has 0 spiro atoms. The molecule has 0 saturated heterocycles. The number of thiazole rings is 1. The fraction of sp³-hybridized carbons (Fsp3) is 0.500. The molecule has 2 rings (SSSR count). The van der Waals surface area contributed by atoms with Gasteiger partial charge in [-0.1, -0.05) is 5.16 Å². The van der Waals surface area contributed by atoms with E-state index in [9.17, 15) is 0 Å². The zero-order chi connectivity index (χ0) is 11.8. The normalized spacial score (nSPS) is 12.0. The molecule has 0 atom stereocenters. The molecule has 2 heterocycles. The predicted molar refractivity (Wildman–Crippen MR) is 61.2 cm³/mol. The van der Waals surface area contributed by atoms with Crippen molar-refractivity contribution in [3.05, 3.63) is 27.8 Å². The van der Waals surface area contributed by atoms with Crippen LogP contribution >= 0.6 is 11.3 Å². The Balaban J connectivity index is 2.14. The summed E-state index contributed by atoms with van der Waals surface area (Å²) in [5, 5.41) is 6.88. The summed E-state index contributed by atoms with van der Waals surface area (Å²) < 4.78 is 5.10. The standard InChI is InChI=1S/C10H14N4OS/c1-6-5-16-8(12-6)4-7-13-9(15-14-7)10(2,3)11/h5H,4,11H2,1-3H3. The van der Waals surface area contributed by atoms with E-state index in [0.717, 1.165) is 10.7 Å². The van der Waals surface area contributed by atoms with Crippen molar-refractivity contribution in [2.75, 3.05) is 0 Å². The van der Waals surface area contributed by atoms with E-state index in [2.05, 4.69) is 15.1 Å². The van der Waals surface area contributed by atoms with E-state index in [0.29, 0.717) is 18.1 Å². The third-order valence-electron chi connectivity index (χ3n) is 2.00. The summed E-state index contributed by atoms with van der Waals surface area (Å²) in [6.45, 7) is 5.63. The molecule has 2 aromatic heterocycles. The molecule has 16 heavy (non-hydrogen) atoms. The Hall–Kier alpha value is -1.27. The highest BCUT2D eigenvalue weighted by Gasteiger charge is 2.22. The SMILES string of the molecule is Cc1csc(Cc2noc(C(C)(C)N)n2)n1. The number of hydrogen-bond acceptors (Lipinski definition) is 6. The average molecular weight is 238 g/mol. The second kappa shape index (κ2) is 3.95. The van der Waals surface area contributed by atoms with Crippen molar-refractivity contribution in [3.8, 4) is 0 Å². The van der Waals surface area contributed by atoms with Crippen LogP contribution in [0.3, 0.4) is 0 Å². The van der Waals surface area contributed by atoms with Gasteiger partial charge in [-0.3, -0.25) is 0 Å². The van der Waals surface area contributed by atoms with Crippen LogP contribution in [-0.2, 0) is 12.0 Å². The molecule has 5 nitrogen and oxygen atoms in total. The zero-order valence-corrected chi connectivity index (χ0v) is 10.3. The Bertz CT molecular complexity index is 483. The molecule has 0 bridgehead atoms. The van der Waals surface area contributed by atoms with Gasteiger partial charge in [0.05, 0.1) is 12.0 Å². The molecule has 2 aromatic rings. The van der Waals surface area contributed by atoms with Gasteiger partial charge in [-0.25, -0.2) is 4.98 Å². The monoisotopic (exact) mass is 238 g/mol. The quantitative estimate of drug-likeness (QED) is 0.879. The van der Waals surface area contributed by atoms with Crippen LogP contribution in [0.2, 0.25) is 0 Å². The molecular formula is C10H14N4OS. The van der Waals surface area contributed by atoms with Crippen LogP contribution in [0, 0.1) is 6.92 Å². The first-order chi connectivity index (χ1) is 7.45. The van der Waals surface area contributed by atoms with Crippen molar-refractivity contribution in [2.45, 2.75) is 32.7 Å². The number of hydrogen-bond donors (Lipinski definition) is 1. The Morgan fingerprint density at radius 2 is 2.19 bits per heavy atom. The number of aromatic nitrogens is 3. The lowest BCUT2D eigenvalue weighted by atomic mass is 10.1. The fourth-order valence-corrected chi connectivity index (χ4v) is 1.98. The lowest BCUT2D eigenvalue weighted by Crippen LogP contribution is -2.29. The minimum absolute atomic E-state index is 0.454. The van der Waals surface area contributed by atoms with E-state index in [1.165, 1.54) is 0 Å². The van der Waals surface area contributed by atoms with Crippen LogP contribution in [0.1, 0.15) is 36.3 Å². The number of nitrogens with two attached hydrogens (primary N) is 1. The zero-order valence-electron chi connectivity index (χ0n) is 9.52. The van der Waals surface area contributed by atoms with Crippen molar-refractivity contribution in [3.63, 3.8) is 0 Å². The molecule has 0 amide bonds. The predicted octanol–water partition coefficient (Wildman–Crippen LogP) is 1.62. The van der Waals surface area contributed by atoms with Gasteiger partial charge >= 0.3 is 0 Å². The maximum atomic E-state index is 5.86. The van der Waals surface area contributed by atoms with Crippen LogP contribution < -0.4 is 5.73 Å².